The third-order valence-electron chi connectivity index (χ3n) is 6.33. The van der Waals surface area contributed by atoms with Gasteiger partial charge >= 0.3 is 6.03 Å². The molecule has 1 atom stereocenters. The number of carbonyl (C=O) groups excluding carboxylic acids is 1. The normalized spacial score (nSPS) is 17.5. The van der Waals surface area contributed by atoms with Gasteiger partial charge in [0, 0.05) is 34.8 Å². The number of aromatic nitrogens is 2. The quantitative estimate of drug-likeness (QED) is 0.221. The Bertz CT molecular complexity index is 1450. The van der Waals surface area contributed by atoms with Crippen molar-refractivity contribution in [2.75, 3.05) is 23.8 Å². The van der Waals surface area contributed by atoms with Crippen LogP contribution in [0.2, 0.25) is 5.02 Å². The topological polar surface area (TPSA) is 134 Å². The highest BCUT2D eigenvalue weighted by Crippen LogP contribution is 2.39. The van der Waals surface area contributed by atoms with E-state index < -0.39 is 11.7 Å². The van der Waals surface area contributed by atoms with Crippen LogP contribution in [0.3, 0.4) is 0 Å². The largest absolute Gasteiger partial charge is 0.492 e. The number of hydrogen-bond donors (Lipinski definition) is 5. The number of pyridine rings is 2. The van der Waals surface area contributed by atoms with Gasteiger partial charge in [-0.15, -0.1) is 11.3 Å². The van der Waals surface area contributed by atoms with Gasteiger partial charge in [0.1, 0.15) is 5.75 Å². The highest BCUT2D eigenvalue weighted by atomic mass is 35.5. The molecule has 0 spiro atoms. The van der Waals surface area contributed by atoms with E-state index in [1.807, 2.05) is 17.5 Å². The van der Waals surface area contributed by atoms with Gasteiger partial charge in [-0.3, -0.25) is 15.1 Å². The highest BCUT2D eigenvalue weighted by molar-refractivity contribution is 7.13. The van der Waals surface area contributed by atoms with Crippen LogP contribution in [0.1, 0.15) is 25.7 Å². The molecular weight excluding hydrogens is 512 g/mol. The molecule has 5 rings (SSSR count). The van der Waals surface area contributed by atoms with Gasteiger partial charge in [0.05, 0.1) is 34.1 Å². The molecule has 6 N–H and O–H groups in total. The summed E-state index contributed by atoms with van der Waals surface area (Å²) in [7, 11) is 0. The monoisotopic (exact) mass is 538 g/mol. The number of thiophene rings is 1. The van der Waals surface area contributed by atoms with Crippen LogP contribution in [-0.4, -0.2) is 34.8 Å². The molecule has 1 saturated heterocycles. The minimum atomic E-state index is -0.501. The van der Waals surface area contributed by atoms with Crippen molar-refractivity contribution in [2.24, 2.45) is 5.73 Å². The molecule has 1 fully saturated rings. The summed E-state index contributed by atoms with van der Waals surface area (Å²) in [6, 6.07) is 9.96. The number of rotatable bonds is 7. The van der Waals surface area contributed by atoms with Gasteiger partial charge < -0.3 is 26.1 Å². The summed E-state index contributed by atoms with van der Waals surface area (Å²) in [4.78, 5) is 33.4. The van der Waals surface area contributed by atoms with E-state index in [1.54, 1.807) is 36.7 Å². The molecule has 1 aliphatic rings. The number of urea groups is 1. The van der Waals surface area contributed by atoms with Crippen LogP contribution in [0.15, 0.2) is 59.0 Å². The van der Waals surface area contributed by atoms with Crippen LogP contribution in [0, 0.1) is 0 Å². The molecule has 1 aromatic carbocycles. The minimum Gasteiger partial charge on any atom is -0.492 e. The second kappa shape index (κ2) is 10.9. The van der Waals surface area contributed by atoms with E-state index in [-0.39, 0.29) is 10.6 Å². The lowest BCUT2D eigenvalue weighted by molar-refractivity contribution is 0.195. The van der Waals surface area contributed by atoms with Gasteiger partial charge in [0.2, 0.25) is 0 Å². The Hall–Kier alpha value is -3.44. The van der Waals surface area contributed by atoms with Crippen LogP contribution in [0.4, 0.5) is 16.2 Å². The molecule has 11 heteroatoms. The standard InChI is InChI=1S/C26H27ClN6O3S/c27-18-15-19-17(14-20(18)33-25(35)31-16-5-10-29-11-6-16)23(22(24(34)32-19)21-4-3-13-37-21)36-12-8-26(28)7-1-2-9-30-26/h3-6,10-11,13-15,30H,1-2,7-9,12,28H2,(H,32,34)(H2,29,31,33,35). The second-order valence-corrected chi connectivity index (χ2v) is 10.3. The number of anilines is 2. The molecule has 0 radical (unpaired) electrons. The zero-order chi connectivity index (χ0) is 25.8. The van der Waals surface area contributed by atoms with Gasteiger partial charge in [-0.1, -0.05) is 17.7 Å². The third kappa shape index (κ3) is 5.78. The molecule has 4 heterocycles. The number of hydrogen-bond acceptors (Lipinski definition) is 7. The van der Waals surface area contributed by atoms with Crippen LogP contribution < -0.4 is 32.0 Å². The maximum Gasteiger partial charge on any atom is 0.323 e. The Morgan fingerprint density at radius 2 is 2.05 bits per heavy atom. The number of carbonyl (C=O) groups is 1. The Labute approximate surface area is 222 Å². The average molecular weight is 539 g/mol. The summed E-state index contributed by atoms with van der Waals surface area (Å²) < 4.78 is 6.31. The van der Waals surface area contributed by atoms with Gasteiger partial charge in [-0.2, -0.15) is 0 Å². The molecule has 9 nitrogen and oxygen atoms in total. The summed E-state index contributed by atoms with van der Waals surface area (Å²) in [5.74, 6) is 0.426. The SMILES string of the molecule is NC1(CCOc2c(-c3cccs3)c(=O)[nH]c3cc(Cl)c(NC(=O)Nc4ccncc4)cc23)CCCCN1. The van der Waals surface area contributed by atoms with E-state index in [2.05, 4.69) is 25.9 Å². The molecule has 1 aliphatic heterocycles. The fraction of sp³-hybridized carbons (Fsp3) is 0.269. The highest BCUT2D eigenvalue weighted by Gasteiger charge is 2.27. The molecule has 0 aliphatic carbocycles. The number of H-pyrrole nitrogens is 1. The lowest BCUT2D eigenvalue weighted by Gasteiger charge is -2.34. The number of nitrogens with zero attached hydrogens (tertiary/aromatic N) is 1. The lowest BCUT2D eigenvalue weighted by atomic mass is 9.96. The summed E-state index contributed by atoms with van der Waals surface area (Å²) in [6.07, 6.45) is 6.77. The van der Waals surface area contributed by atoms with Crippen LogP contribution in [-0.2, 0) is 0 Å². The summed E-state index contributed by atoms with van der Waals surface area (Å²) in [6.45, 7) is 1.19. The number of amides is 2. The number of fused-ring (bicyclic) bond motifs is 1. The molecule has 1 unspecified atom stereocenters. The van der Waals surface area contributed by atoms with E-state index in [1.165, 1.54) is 11.3 Å². The average Bonchev–Trinajstić information content (AvgIpc) is 3.40. The van der Waals surface area contributed by atoms with Crippen molar-refractivity contribution in [3.05, 3.63) is 69.5 Å². The Morgan fingerprint density at radius 3 is 2.78 bits per heavy atom. The van der Waals surface area contributed by atoms with Crippen molar-refractivity contribution in [2.45, 2.75) is 31.3 Å². The first-order valence-corrected chi connectivity index (χ1v) is 13.3. The van der Waals surface area contributed by atoms with Crippen LogP contribution in [0.25, 0.3) is 21.3 Å². The lowest BCUT2D eigenvalue weighted by Crippen LogP contribution is -2.56. The zero-order valence-electron chi connectivity index (χ0n) is 20.0. The molecule has 4 aromatic rings. The number of nitrogens with two attached hydrogens (primary N) is 1. The number of aromatic amines is 1. The van der Waals surface area contributed by atoms with Crippen molar-refractivity contribution < 1.29 is 9.53 Å². The van der Waals surface area contributed by atoms with Crippen molar-refractivity contribution >= 4 is 51.2 Å². The van der Waals surface area contributed by atoms with Gasteiger partial charge in [-0.25, -0.2) is 4.79 Å². The van der Waals surface area contributed by atoms with Crippen LogP contribution >= 0.6 is 22.9 Å². The first-order valence-electron chi connectivity index (χ1n) is 12.0. The molecular formula is C26H27ClN6O3S. The van der Waals surface area contributed by atoms with E-state index in [0.29, 0.717) is 46.6 Å². The summed E-state index contributed by atoms with van der Waals surface area (Å²) in [5.41, 5.74) is 7.64. The van der Waals surface area contributed by atoms with Crippen molar-refractivity contribution in [3.8, 4) is 16.2 Å². The number of benzene rings is 1. The van der Waals surface area contributed by atoms with Gasteiger partial charge in [-0.05, 0) is 61.5 Å². The van der Waals surface area contributed by atoms with Crippen molar-refractivity contribution in [3.63, 3.8) is 0 Å². The first kappa shape index (κ1) is 25.2. The smallest absolute Gasteiger partial charge is 0.323 e. The van der Waals surface area contributed by atoms with Gasteiger partial charge in [0.15, 0.2) is 0 Å². The van der Waals surface area contributed by atoms with Crippen molar-refractivity contribution in [1.82, 2.24) is 15.3 Å². The fourth-order valence-electron chi connectivity index (χ4n) is 4.44. The number of ether oxygens (including phenoxy) is 1. The predicted octanol–water partition coefficient (Wildman–Crippen LogP) is 5.15. The maximum atomic E-state index is 13.2. The molecule has 2 amide bonds. The summed E-state index contributed by atoms with van der Waals surface area (Å²) in [5, 5.41) is 11.7. The Balaban J connectivity index is 1.49. The first-order chi connectivity index (χ1) is 17.9. The van der Waals surface area contributed by atoms with Crippen molar-refractivity contribution in [1.29, 1.82) is 0 Å². The Kier molecular flexibility index (Phi) is 7.43. The fourth-order valence-corrected chi connectivity index (χ4v) is 5.41. The molecule has 0 saturated carbocycles. The molecule has 37 heavy (non-hydrogen) atoms. The second-order valence-electron chi connectivity index (χ2n) is 8.97. The van der Waals surface area contributed by atoms with E-state index in [4.69, 9.17) is 22.1 Å². The van der Waals surface area contributed by atoms with E-state index in [9.17, 15) is 9.59 Å². The maximum absolute atomic E-state index is 13.2. The molecule has 3 aromatic heterocycles. The number of nitrogens with one attached hydrogen (secondary N) is 4. The predicted molar refractivity (Wildman–Crippen MR) is 149 cm³/mol. The number of halogens is 1. The molecule has 0 bridgehead atoms. The summed E-state index contributed by atoms with van der Waals surface area (Å²) >= 11 is 7.93. The minimum absolute atomic E-state index is 0.273. The van der Waals surface area contributed by atoms with Crippen LogP contribution in [0.5, 0.6) is 5.75 Å². The molecule has 192 valence electrons. The zero-order valence-corrected chi connectivity index (χ0v) is 21.5. The van der Waals surface area contributed by atoms with Gasteiger partial charge in [0.25, 0.3) is 5.56 Å². The third-order valence-corrected chi connectivity index (χ3v) is 7.53. The number of piperidine rings is 1. The van der Waals surface area contributed by atoms with E-state index in [0.717, 1.165) is 30.7 Å². The Morgan fingerprint density at radius 1 is 1.22 bits per heavy atom. The van der Waals surface area contributed by atoms with E-state index >= 15 is 0 Å².